The van der Waals surface area contributed by atoms with Crippen LogP contribution in [0.2, 0.25) is 0 Å². The molecule has 1 saturated heterocycles. The zero-order chi connectivity index (χ0) is 16.9. The highest BCUT2D eigenvalue weighted by Gasteiger charge is 2.26. The lowest BCUT2D eigenvalue weighted by atomic mass is 10.1. The van der Waals surface area contributed by atoms with Crippen molar-refractivity contribution >= 4 is 41.2 Å². The van der Waals surface area contributed by atoms with Crippen LogP contribution in [0.1, 0.15) is 39.8 Å². The molecule has 1 aromatic carbocycles. The van der Waals surface area contributed by atoms with Gasteiger partial charge < -0.3 is 5.32 Å². The molecule has 1 aliphatic carbocycles. The molecule has 0 aromatic heterocycles. The van der Waals surface area contributed by atoms with Crippen LogP contribution in [0.4, 0.5) is 0 Å². The second kappa shape index (κ2) is 7.94. The van der Waals surface area contributed by atoms with Gasteiger partial charge in [0, 0.05) is 11.6 Å². The molecule has 0 bridgehead atoms. The van der Waals surface area contributed by atoms with Gasteiger partial charge in [-0.1, -0.05) is 12.1 Å². The van der Waals surface area contributed by atoms with E-state index < -0.39 is 17.7 Å². The normalized spacial score (nSPS) is 17.8. The van der Waals surface area contributed by atoms with Gasteiger partial charge in [0.25, 0.3) is 5.91 Å². The molecule has 24 heavy (non-hydrogen) atoms. The fraction of sp³-hybridized carbons (Fsp3) is 0.438. The summed E-state index contributed by atoms with van der Waals surface area (Å²) in [6.45, 7) is 0. The average Bonchev–Trinajstić information content (AvgIpc) is 3.44. The maximum absolute atomic E-state index is 12.0. The van der Waals surface area contributed by atoms with E-state index in [0.29, 0.717) is 10.1 Å². The summed E-state index contributed by atoms with van der Waals surface area (Å²) in [4.78, 5) is 35.1. The smallest absolute Gasteiger partial charge is 0.327 e. The fourth-order valence-corrected chi connectivity index (χ4v) is 5.09. The molecule has 0 atom stereocenters. The molecule has 128 valence electrons. The number of thioether (sulfide) groups is 2. The molecule has 0 spiro atoms. The molecule has 8 heteroatoms. The van der Waals surface area contributed by atoms with Gasteiger partial charge in [-0.2, -0.15) is 0 Å². The van der Waals surface area contributed by atoms with Crippen molar-refractivity contribution in [1.82, 2.24) is 16.2 Å². The van der Waals surface area contributed by atoms with E-state index in [1.54, 1.807) is 12.1 Å². The van der Waals surface area contributed by atoms with Crippen molar-refractivity contribution in [3.63, 3.8) is 0 Å². The van der Waals surface area contributed by atoms with E-state index in [1.807, 2.05) is 35.7 Å². The van der Waals surface area contributed by atoms with E-state index in [-0.39, 0.29) is 6.04 Å². The van der Waals surface area contributed by atoms with Crippen molar-refractivity contribution < 1.29 is 14.4 Å². The minimum absolute atomic E-state index is 0.0991. The van der Waals surface area contributed by atoms with Crippen LogP contribution in [0.25, 0.3) is 0 Å². The lowest BCUT2D eigenvalue weighted by Gasteiger charge is -2.21. The van der Waals surface area contributed by atoms with Crippen molar-refractivity contribution in [2.24, 2.45) is 0 Å². The summed E-state index contributed by atoms with van der Waals surface area (Å²) < 4.78 is 0.418. The summed E-state index contributed by atoms with van der Waals surface area (Å²) >= 11 is 3.84. The van der Waals surface area contributed by atoms with Crippen LogP contribution in [0.3, 0.4) is 0 Å². The van der Waals surface area contributed by atoms with E-state index in [4.69, 9.17) is 0 Å². The van der Waals surface area contributed by atoms with Gasteiger partial charge in [-0.25, -0.2) is 0 Å². The summed E-state index contributed by atoms with van der Waals surface area (Å²) in [6, 6.07) is 7.44. The molecule has 3 rings (SSSR count). The van der Waals surface area contributed by atoms with E-state index in [2.05, 4.69) is 16.2 Å². The summed E-state index contributed by atoms with van der Waals surface area (Å²) in [5.74, 6) is 0.295. The van der Waals surface area contributed by atoms with Crippen molar-refractivity contribution in [2.75, 3.05) is 11.5 Å². The third kappa shape index (κ3) is 4.67. The predicted molar refractivity (Wildman–Crippen MR) is 95.5 cm³/mol. The van der Waals surface area contributed by atoms with E-state index in [9.17, 15) is 14.4 Å². The minimum atomic E-state index is -0.859. The molecule has 0 radical (unpaired) electrons. The summed E-state index contributed by atoms with van der Waals surface area (Å²) in [5.41, 5.74) is 6.02. The second-order valence-electron chi connectivity index (χ2n) is 5.71. The quantitative estimate of drug-likeness (QED) is 0.559. The Kier molecular flexibility index (Phi) is 5.68. The molecule has 6 nitrogen and oxygen atoms in total. The first-order chi connectivity index (χ1) is 11.6. The van der Waals surface area contributed by atoms with Crippen LogP contribution in [0, 0.1) is 0 Å². The van der Waals surface area contributed by atoms with E-state index in [1.165, 1.54) is 12.0 Å². The molecule has 1 heterocycles. The maximum Gasteiger partial charge on any atom is 0.327 e. The molecule has 0 unspecified atom stereocenters. The standard InChI is InChI=1S/C16H19N3O3S2/c20-13(18-19-15(22)14(21)17-12-6-7-12)10-2-4-11(5-3-10)16-23-8-1-9-24-16/h2-5,12,16H,1,6-9H2,(H,17,21)(H,18,20)(H,19,22). The Morgan fingerprint density at radius 1 is 0.917 bits per heavy atom. The molecular weight excluding hydrogens is 346 g/mol. The van der Waals surface area contributed by atoms with Gasteiger partial charge in [-0.3, -0.25) is 25.2 Å². The predicted octanol–water partition coefficient (Wildman–Crippen LogP) is 1.59. The third-order valence-electron chi connectivity index (χ3n) is 3.68. The molecule has 1 aromatic rings. The minimum Gasteiger partial charge on any atom is -0.345 e. The molecule has 2 aliphatic rings. The maximum atomic E-state index is 12.0. The SMILES string of the molecule is O=C(NNC(=O)c1ccc(C2SCCCS2)cc1)C(=O)NC1CC1. The van der Waals surface area contributed by atoms with Crippen molar-refractivity contribution in [3.8, 4) is 0 Å². The van der Waals surface area contributed by atoms with Gasteiger partial charge >= 0.3 is 11.8 Å². The van der Waals surface area contributed by atoms with Crippen LogP contribution in [-0.4, -0.2) is 35.3 Å². The molecule has 1 saturated carbocycles. The first-order valence-corrected chi connectivity index (χ1v) is 9.97. The highest BCUT2D eigenvalue weighted by atomic mass is 32.2. The molecular formula is C16H19N3O3S2. The number of hydrazine groups is 1. The first-order valence-electron chi connectivity index (χ1n) is 7.88. The fourth-order valence-electron chi connectivity index (χ4n) is 2.19. The number of amides is 3. The topological polar surface area (TPSA) is 87.3 Å². The van der Waals surface area contributed by atoms with Gasteiger partial charge in [0.15, 0.2) is 0 Å². The number of nitrogens with one attached hydrogen (secondary N) is 3. The van der Waals surface area contributed by atoms with Gasteiger partial charge in [-0.05, 0) is 48.5 Å². The highest BCUT2D eigenvalue weighted by Crippen LogP contribution is 2.43. The van der Waals surface area contributed by atoms with Crippen LogP contribution in [-0.2, 0) is 9.59 Å². The van der Waals surface area contributed by atoms with Gasteiger partial charge in [0.05, 0.1) is 4.58 Å². The summed E-state index contributed by atoms with van der Waals surface area (Å²) in [7, 11) is 0. The van der Waals surface area contributed by atoms with Crippen molar-refractivity contribution in [3.05, 3.63) is 35.4 Å². The van der Waals surface area contributed by atoms with Gasteiger partial charge in [-0.15, -0.1) is 23.5 Å². The Hall–Kier alpha value is -1.67. The molecule has 3 N–H and O–H groups in total. The number of hydrogen-bond acceptors (Lipinski definition) is 5. The largest absolute Gasteiger partial charge is 0.345 e. The Morgan fingerprint density at radius 3 is 2.21 bits per heavy atom. The van der Waals surface area contributed by atoms with Crippen molar-refractivity contribution in [2.45, 2.75) is 29.9 Å². The third-order valence-corrected chi connectivity index (χ3v) is 6.70. The van der Waals surface area contributed by atoms with Crippen LogP contribution in [0.15, 0.2) is 24.3 Å². The van der Waals surface area contributed by atoms with Gasteiger partial charge in [0.1, 0.15) is 0 Å². The van der Waals surface area contributed by atoms with Gasteiger partial charge in [0.2, 0.25) is 0 Å². The van der Waals surface area contributed by atoms with E-state index in [0.717, 1.165) is 24.3 Å². The number of hydrogen-bond donors (Lipinski definition) is 3. The number of carbonyl (C=O) groups excluding carboxylic acids is 3. The Bertz CT molecular complexity index is 626. The first kappa shape index (κ1) is 17.2. The summed E-state index contributed by atoms with van der Waals surface area (Å²) in [5, 5.41) is 2.55. The number of rotatable bonds is 3. The Morgan fingerprint density at radius 2 is 1.58 bits per heavy atom. The number of carbonyl (C=O) groups is 3. The summed E-state index contributed by atoms with van der Waals surface area (Å²) in [6.07, 6.45) is 3.03. The Labute approximate surface area is 148 Å². The van der Waals surface area contributed by atoms with Crippen LogP contribution in [0.5, 0.6) is 0 Å². The lowest BCUT2D eigenvalue weighted by Crippen LogP contribution is -2.48. The molecule has 1 aliphatic heterocycles. The van der Waals surface area contributed by atoms with Crippen molar-refractivity contribution in [1.29, 1.82) is 0 Å². The molecule has 2 fully saturated rings. The number of benzene rings is 1. The monoisotopic (exact) mass is 365 g/mol. The Balaban J connectivity index is 1.49. The van der Waals surface area contributed by atoms with E-state index >= 15 is 0 Å². The second-order valence-corrected chi connectivity index (χ2v) is 8.43. The van der Waals surface area contributed by atoms with Crippen LogP contribution < -0.4 is 16.2 Å². The van der Waals surface area contributed by atoms with Crippen LogP contribution >= 0.6 is 23.5 Å². The molecule has 3 amide bonds. The zero-order valence-electron chi connectivity index (χ0n) is 13.0. The average molecular weight is 365 g/mol. The lowest BCUT2D eigenvalue weighted by molar-refractivity contribution is -0.139. The highest BCUT2D eigenvalue weighted by molar-refractivity contribution is 8.16. The zero-order valence-corrected chi connectivity index (χ0v) is 14.7.